The van der Waals surface area contributed by atoms with Crippen LogP contribution in [0.3, 0.4) is 0 Å². The van der Waals surface area contributed by atoms with Gasteiger partial charge in [0.1, 0.15) is 5.82 Å². The van der Waals surface area contributed by atoms with Crippen molar-refractivity contribution in [1.29, 1.82) is 5.26 Å². The topological polar surface area (TPSA) is 74.8 Å². The second-order valence-electron chi connectivity index (χ2n) is 5.67. The number of aryl methyl sites for hydroxylation is 1. The Morgan fingerprint density at radius 2 is 2.08 bits per heavy atom. The number of benzene rings is 1. The Kier molecular flexibility index (Phi) is 4.86. The summed E-state index contributed by atoms with van der Waals surface area (Å²) in [7, 11) is 0. The summed E-state index contributed by atoms with van der Waals surface area (Å²) >= 11 is 1.50. The summed E-state index contributed by atoms with van der Waals surface area (Å²) in [6.45, 7) is 5.47. The third kappa shape index (κ3) is 3.15. The molecule has 2 heterocycles. The normalized spacial score (nSPS) is 17.8. The standard InChI is InChI=1S/C17H19N5OS/c1-3-21-12(2)19-20-17(21)24-15-5-4-10-22(16(15)23)14-8-6-13(11-18)7-9-14/h6-9,15H,3-5,10H2,1-2H3/t15-/m0/s1. The molecule has 3 rings (SSSR count). The van der Waals surface area contributed by atoms with E-state index in [1.54, 1.807) is 12.1 Å². The first kappa shape index (κ1) is 16.5. The molecule has 1 aliphatic heterocycles. The maximum atomic E-state index is 12.9. The van der Waals surface area contributed by atoms with Crippen LogP contribution in [0, 0.1) is 18.3 Å². The summed E-state index contributed by atoms with van der Waals surface area (Å²) < 4.78 is 2.03. The van der Waals surface area contributed by atoms with Crippen LogP contribution >= 0.6 is 11.8 Å². The minimum Gasteiger partial charge on any atom is -0.311 e. The number of rotatable bonds is 4. The molecular formula is C17H19N5OS. The van der Waals surface area contributed by atoms with E-state index >= 15 is 0 Å². The third-order valence-corrected chi connectivity index (χ3v) is 5.40. The first-order valence-electron chi connectivity index (χ1n) is 8.02. The molecule has 0 spiro atoms. The number of nitriles is 1. The van der Waals surface area contributed by atoms with E-state index in [9.17, 15) is 4.79 Å². The molecule has 1 fully saturated rings. The summed E-state index contributed by atoms with van der Waals surface area (Å²) in [6.07, 6.45) is 1.79. The zero-order valence-corrected chi connectivity index (χ0v) is 14.6. The number of carbonyl (C=O) groups excluding carboxylic acids is 1. The molecular weight excluding hydrogens is 322 g/mol. The van der Waals surface area contributed by atoms with Crippen LogP contribution in [-0.2, 0) is 11.3 Å². The molecule has 24 heavy (non-hydrogen) atoms. The van der Waals surface area contributed by atoms with Crippen LogP contribution in [0.4, 0.5) is 5.69 Å². The van der Waals surface area contributed by atoms with E-state index in [0.29, 0.717) is 12.1 Å². The molecule has 0 radical (unpaired) electrons. The largest absolute Gasteiger partial charge is 0.311 e. The molecule has 1 atom stereocenters. The minimum atomic E-state index is -0.150. The summed E-state index contributed by atoms with van der Waals surface area (Å²) in [5.74, 6) is 0.964. The molecule has 1 aromatic heterocycles. The first-order valence-corrected chi connectivity index (χ1v) is 8.90. The summed E-state index contributed by atoms with van der Waals surface area (Å²) in [6, 6.07) is 9.26. The quantitative estimate of drug-likeness (QED) is 0.855. The smallest absolute Gasteiger partial charge is 0.240 e. The number of hydrogen-bond donors (Lipinski definition) is 0. The van der Waals surface area contributed by atoms with Gasteiger partial charge in [-0.3, -0.25) is 4.79 Å². The fraction of sp³-hybridized carbons (Fsp3) is 0.412. The van der Waals surface area contributed by atoms with E-state index in [2.05, 4.69) is 16.3 Å². The molecule has 1 aromatic carbocycles. The molecule has 1 amide bonds. The highest BCUT2D eigenvalue weighted by atomic mass is 32.2. The zero-order chi connectivity index (χ0) is 17.1. The van der Waals surface area contributed by atoms with Crippen molar-refractivity contribution in [2.24, 2.45) is 0 Å². The van der Waals surface area contributed by atoms with Crippen LogP contribution in [0.1, 0.15) is 31.2 Å². The van der Waals surface area contributed by atoms with Gasteiger partial charge in [0.25, 0.3) is 0 Å². The van der Waals surface area contributed by atoms with Crippen molar-refractivity contribution in [2.75, 3.05) is 11.4 Å². The third-order valence-electron chi connectivity index (χ3n) is 4.16. The SMILES string of the molecule is CCn1c(C)nnc1S[C@H]1CCCN(c2ccc(C#N)cc2)C1=O. The van der Waals surface area contributed by atoms with Gasteiger partial charge in [-0.05, 0) is 51.0 Å². The Balaban J connectivity index is 1.78. The van der Waals surface area contributed by atoms with Crippen molar-refractivity contribution in [2.45, 2.75) is 43.6 Å². The van der Waals surface area contributed by atoms with Crippen LogP contribution in [0.25, 0.3) is 0 Å². The number of hydrogen-bond acceptors (Lipinski definition) is 5. The summed E-state index contributed by atoms with van der Waals surface area (Å²) in [4.78, 5) is 14.7. The van der Waals surface area contributed by atoms with Crippen LogP contribution in [0.2, 0.25) is 0 Å². The molecule has 6 nitrogen and oxygen atoms in total. The van der Waals surface area contributed by atoms with Crippen LogP contribution in [0.5, 0.6) is 0 Å². The van der Waals surface area contributed by atoms with Gasteiger partial charge in [0.15, 0.2) is 5.16 Å². The van der Waals surface area contributed by atoms with Crippen LogP contribution in [0.15, 0.2) is 29.4 Å². The molecule has 1 aliphatic rings. The lowest BCUT2D eigenvalue weighted by Crippen LogP contribution is -2.43. The second-order valence-corrected chi connectivity index (χ2v) is 6.84. The van der Waals surface area contributed by atoms with Gasteiger partial charge in [-0.25, -0.2) is 0 Å². The molecule has 0 bridgehead atoms. The monoisotopic (exact) mass is 341 g/mol. The van der Waals surface area contributed by atoms with Gasteiger partial charge < -0.3 is 9.47 Å². The highest BCUT2D eigenvalue weighted by Gasteiger charge is 2.31. The molecule has 0 unspecified atom stereocenters. The lowest BCUT2D eigenvalue weighted by molar-refractivity contribution is -0.119. The number of aromatic nitrogens is 3. The lowest BCUT2D eigenvalue weighted by Gasteiger charge is -2.31. The van der Waals surface area contributed by atoms with Crippen molar-refractivity contribution in [1.82, 2.24) is 14.8 Å². The predicted molar refractivity (Wildman–Crippen MR) is 92.8 cm³/mol. The molecule has 7 heteroatoms. The van der Waals surface area contributed by atoms with Crippen molar-refractivity contribution >= 4 is 23.4 Å². The summed E-state index contributed by atoms with van der Waals surface area (Å²) in [5, 5.41) is 17.9. The van der Waals surface area contributed by atoms with E-state index in [1.807, 2.05) is 35.4 Å². The average Bonchev–Trinajstić information content (AvgIpc) is 2.96. The lowest BCUT2D eigenvalue weighted by atomic mass is 10.1. The van der Waals surface area contributed by atoms with E-state index in [0.717, 1.165) is 36.1 Å². The Morgan fingerprint density at radius 1 is 1.33 bits per heavy atom. The molecule has 0 aliphatic carbocycles. The van der Waals surface area contributed by atoms with Gasteiger partial charge in [0.05, 0.1) is 16.9 Å². The van der Waals surface area contributed by atoms with Crippen molar-refractivity contribution < 1.29 is 4.79 Å². The highest BCUT2D eigenvalue weighted by molar-refractivity contribution is 8.00. The van der Waals surface area contributed by atoms with Gasteiger partial charge in [-0.15, -0.1) is 10.2 Å². The maximum Gasteiger partial charge on any atom is 0.240 e. The fourth-order valence-corrected chi connectivity index (χ4v) is 4.11. The predicted octanol–water partition coefficient (Wildman–Crippen LogP) is 2.77. The Hall–Kier alpha value is -2.33. The van der Waals surface area contributed by atoms with Gasteiger partial charge in [0, 0.05) is 18.8 Å². The van der Waals surface area contributed by atoms with E-state index in [1.165, 1.54) is 11.8 Å². The molecule has 0 N–H and O–H groups in total. The first-order chi connectivity index (χ1) is 11.6. The van der Waals surface area contributed by atoms with Gasteiger partial charge in [-0.1, -0.05) is 11.8 Å². The Bertz CT molecular complexity index is 777. The fourth-order valence-electron chi connectivity index (χ4n) is 2.86. The second kappa shape index (κ2) is 7.05. The van der Waals surface area contributed by atoms with Crippen molar-refractivity contribution in [3.63, 3.8) is 0 Å². The van der Waals surface area contributed by atoms with Crippen molar-refractivity contribution in [3.8, 4) is 6.07 Å². The van der Waals surface area contributed by atoms with Crippen LogP contribution < -0.4 is 4.90 Å². The molecule has 2 aromatic rings. The minimum absolute atomic E-state index is 0.0965. The Labute approximate surface area is 145 Å². The number of piperidine rings is 1. The maximum absolute atomic E-state index is 12.9. The zero-order valence-electron chi connectivity index (χ0n) is 13.8. The van der Waals surface area contributed by atoms with E-state index < -0.39 is 0 Å². The number of amides is 1. The number of nitrogens with zero attached hydrogens (tertiary/aromatic N) is 5. The summed E-state index contributed by atoms with van der Waals surface area (Å²) in [5.41, 5.74) is 1.44. The van der Waals surface area contributed by atoms with E-state index in [4.69, 9.17) is 5.26 Å². The van der Waals surface area contributed by atoms with Gasteiger partial charge >= 0.3 is 0 Å². The van der Waals surface area contributed by atoms with E-state index in [-0.39, 0.29) is 11.2 Å². The number of anilines is 1. The molecule has 124 valence electrons. The van der Waals surface area contributed by atoms with Crippen molar-refractivity contribution in [3.05, 3.63) is 35.7 Å². The molecule has 0 saturated carbocycles. The molecule has 1 saturated heterocycles. The van der Waals surface area contributed by atoms with Crippen LogP contribution in [-0.4, -0.2) is 32.5 Å². The number of carbonyl (C=O) groups is 1. The average molecular weight is 341 g/mol. The highest BCUT2D eigenvalue weighted by Crippen LogP contribution is 2.32. The van der Waals surface area contributed by atoms with Gasteiger partial charge in [0.2, 0.25) is 5.91 Å². The number of thioether (sulfide) groups is 1. The Morgan fingerprint density at radius 3 is 2.75 bits per heavy atom. The van der Waals surface area contributed by atoms with Gasteiger partial charge in [-0.2, -0.15) is 5.26 Å².